The van der Waals surface area contributed by atoms with E-state index in [0.29, 0.717) is 18.0 Å². The Balaban J connectivity index is 2.38. The molecule has 2 atom stereocenters. The second kappa shape index (κ2) is 6.89. The van der Waals surface area contributed by atoms with E-state index >= 15 is 0 Å². The Morgan fingerprint density at radius 3 is 2.71 bits per heavy atom. The summed E-state index contributed by atoms with van der Waals surface area (Å²) < 4.78 is 5.58. The second-order valence-electron chi connectivity index (χ2n) is 6.25. The Morgan fingerprint density at radius 2 is 2.14 bits per heavy atom. The minimum absolute atomic E-state index is 0.495. The molecule has 118 valence electrons. The predicted octanol–water partition coefficient (Wildman–Crippen LogP) is 3.87. The first-order valence-electron chi connectivity index (χ1n) is 7.82. The lowest BCUT2D eigenvalue weighted by Gasteiger charge is -2.43. The van der Waals surface area contributed by atoms with Crippen molar-refractivity contribution in [2.45, 2.75) is 46.2 Å². The number of hydrogen-bond donors (Lipinski definition) is 1. The summed E-state index contributed by atoms with van der Waals surface area (Å²) in [5.74, 6) is 1.48. The Morgan fingerprint density at radius 1 is 1.43 bits per heavy atom. The van der Waals surface area contributed by atoms with Crippen LogP contribution in [0.3, 0.4) is 0 Å². The summed E-state index contributed by atoms with van der Waals surface area (Å²) in [6, 6.07) is 5.10. The summed E-state index contributed by atoms with van der Waals surface area (Å²) in [5.41, 5.74) is 2.26. The maximum Gasteiger partial charge on any atom is 0.143 e. The molecule has 1 fully saturated rings. The smallest absolute Gasteiger partial charge is 0.143 e. The minimum Gasteiger partial charge on any atom is -0.495 e. The van der Waals surface area contributed by atoms with Crippen LogP contribution in [-0.2, 0) is 0 Å². The van der Waals surface area contributed by atoms with Crippen LogP contribution >= 0.6 is 11.6 Å². The van der Waals surface area contributed by atoms with Crippen LogP contribution in [0, 0.1) is 12.8 Å². The summed E-state index contributed by atoms with van der Waals surface area (Å²) in [4.78, 5) is 2.49. The van der Waals surface area contributed by atoms with Crippen molar-refractivity contribution in [1.29, 1.82) is 0 Å². The van der Waals surface area contributed by atoms with Gasteiger partial charge in [0.05, 0.1) is 12.8 Å². The highest BCUT2D eigenvalue weighted by Crippen LogP contribution is 2.36. The molecule has 0 spiro atoms. The van der Waals surface area contributed by atoms with Crippen LogP contribution in [0.5, 0.6) is 5.75 Å². The van der Waals surface area contributed by atoms with Crippen molar-refractivity contribution in [2.75, 3.05) is 25.1 Å². The van der Waals surface area contributed by atoms with Crippen molar-refractivity contribution >= 4 is 17.3 Å². The number of piperazine rings is 1. The first-order chi connectivity index (χ1) is 9.97. The molecule has 3 nitrogen and oxygen atoms in total. The normalized spacial score (nSPS) is 22.7. The summed E-state index contributed by atoms with van der Waals surface area (Å²) in [5, 5.41) is 4.44. The van der Waals surface area contributed by atoms with Crippen LogP contribution < -0.4 is 15.0 Å². The number of nitrogens with one attached hydrogen (secondary N) is 1. The van der Waals surface area contributed by atoms with Crippen molar-refractivity contribution in [2.24, 2.45) is 5.92 Å². The molecular weight excluding hydrogens is 284 g/mol. The molecule has 1 N–H and O–H groups in total. The van der Waals surface area contributed by atoms with Gasteiger partial charge in [0.15, 0.2) is 0 Å². The van der Waals surface area contributed by atoms with Gasteiger partial charge < -0.3 is 15.0 Å². The fourth-order valence-corrected chi connectivity index (χ4v) is 3.12. The molecule has 1 aliphatic heterocycles. The monoisotopic (exact) mass is 310 g/mol. The average molecular weight is 311 g/mol. The van der Waals surface area contributed by atoms with Crippen LogP contribution in [0.25, 0.3) is 0 Å². The standard InChI is InChI=1S/C17H27ClN2O/c1-6-13-9-19-15(11(2)3)10-20(13)16-7-12(4)14(18)8-17(16)21-5/h7-8,11,13,15,19H,6,9-10H2,1-5H3. The van der Waals surface area contributed by atoms with Crippen LogP contribution in [0.1, 0.15) is 32.8 Å². The van der Waals surface area contributed by atoms with Crippen molar-refractivity contribution in [3.05, 3.63) is 22.7 Å². The Labute approximate surface area is 133 Å². The Hall–Kier alpha value is -0.930. The lowest BCUT2D eigenvalue weighted by atomic mass is 9.97. The first-order valence-corrected chi connectivity index (χ1v) is 8.19. The van der Waals surface area contributed by atoms with Gasteiger partial charge in [-0.25, -0.2) is 0 Å². The highest BCUT2D eigenvalue weighted by Gasteiger charge is 2.30. The summed E-state index contributed by atoms with van der Waals surface area (Å²) in [7, 11) is 1.72. The molecule has 0 aliphatic carbocycles. The largest absolute Gasteiger partial charge is 0.495 e. The number of aryl methyl sites for hydroxylation is 1. The molecule has 2 rings (SSSR count). The van der Waals surface area contributed by atoms with Crippen LogP contribution in [0.2, 0.25) is 5.02 Å². The Bertz CT molecular complexity index is 490. The van der Waals surface area contributed by atoms with Gasteiger partial charge in [0.25, 0.3) is 0 Å². The number of benzene rings is 1. The summed E-state index contributed by atoms with van der Waals surface area (Å²) in [6.07, 6.45) is 1.11. The van der Waals surface area contributed by atoms with Crippen molar-refractivity contribution < 1.29 is 4.74 Å². The maximum absolute atomic E-state index is 6.24. The van der Waals surface area contributed by atoms with Crippen molar-refractivity contribution in [3.8, 4) is 5.75 Å². The fourth-order valence-electron chi connectivity index (χ4n) is 2.97. The van der Waals surface area contributed by atoms with Crippen LogP contribution in [0.4, 0.5) is 5.69 Å². The molecule has 0 aromatic heterocycles. The van der Waals surface area contributed by atoms with E-state index in [1.165, 1.54) is 5.69 Å². The minimum atomic E-state index is 0.495. The molecule has 0 radical (unpaired) electrons. The van der Waals surface area contributed by atoms with E-state index in [9.17, 15) is 0 Å². The Kier molecular flexibility index (Phi) is 5.39. The molecule has 1 aromatic rings. The zero-order valence-electron chi connectivity index (χ0n) is 13.7. The van der Waals surface area contributed by atoms with E-state index in [1.54, 1.807) is 7.11 Å². The molecule has 0 amide bonds. The van der Waals surface area contributed by atoms with Gasteiger partial charge in [-0.1, -0.05) is 32.4 Å². The van der Waals surface area contributed by atoms with E-state index in [4.69, 9.17) is 16.3 Å². The summed E-state index contributed by atoms with van der Waals surface area (Å²) >= 11 is 6.24. The van der Waals surface area contributed by atoms with Gasteiger partial charge >= 0.3 is 0 Å². The first kappa shape index (κ1) is 16.4. The zero-order valence-corrected chi connectivity index (χ0v) is 14.5. The molecule has 1 heterocycles. The number of nitrogens with zero attached hydrogens (tertiary/aromatic N) is 1. The van der Waals surface area contributed by atoms with Crippen molar-refractivity contribution in [3.63, 3.8) is 0 Å². The van der Waals surface area contributed by atoms with Crippen LogP contribution in [0.15, 0.2) is 12.1 Å². The average Bonchev–Trinajstić information content (AvgIpc) is 2.48. The van der Waals surface area contributed by atoms with Crippen LogP contribution in [-0.4, -0.2) is 32.3 Å². The molecule has 0 saturated carbocycles. The number of halogens is 1. The SMILES string of the molecule is CCC1CNC(C(C)C)CN1c1cc(C)c(Cl)cc1OC. The molecule has 21 heavy (non-hydrogen) atoms. The van der Waals surface area contributed by atoms with Gasteiger partial charge in [-0.15, -0.1) is 0 Å². The van der Waals surface area contributed by atoms with E-state index < -0.39 is 0 Å². The van der Waals surface area contributed by atoms with Gasteiger partial charge in [-0.3, -0.25) is 0 Å². The number of methoxy groups -OCH3 is 1. The number of hydrogen-bond acceptors (Lipinski definition) is 3. The molecule has 4 heteroatoms. The third-order valence-electron chi connectivity index (χ3n) is 4.50. The van der Waals surface area contributed by atoms with Gasteiger partial charge in [0, 0.05) is 36.3 Å². The summed E-state index contributed by atoms with van der Waals surface area (Å²) in [6.45, 7) is 10.9. The molecule has 2 unspecified atom stereocenters. The molecule has 1 saturated heterocycles. The van der Waals surface area contributed by atoms with Gasteiger partial charge in [-0.2, -0.15) is 0 Å². The molecular formula is C17H27ClN2O. The zero-order chi connectivity index (χ0) is 15.6. The number of ether oxygens (including phenoxy) is 1. The van der Waals surface area contributed by atoms with E-state index in [-0.39, 0.29) is 0 Å². The number of rotatable bonds is 4. The topological polar surface area (TPSA) is 24.5 Å². The third kappa shape index (κ3) is 3.46. The third-order valence-corrected chi connectivity index (χ3v) is 4.90. The van der Waals surface area contributed by atoms with Gasteiger partial charge in [0.1, 0.15) is 5.75 Å². The highest BCUT2D eigenvalue weighted by molar-refractivity contribution is 6.31. The molecule has 0 bridgehead atoms. The number of anilines is 1. The van der Waals surface area contributed by atoms with Crippen molar-refractivity contribution in [1.82, 2.24) is 5.32 Å². The molecule has 1 aromatic carbocycles. The van der Waals surface area contributed by atoms with E-state index in [1.807, 2.05) is 13.0 Å². The fraction of sp³-hybridized carbons (Fsp3) is 0.647. The lowest BCUT2D eigenvalue weighted by molar-refractivity contribution is 0.321. The highest BCUT2D eigenvalue weighted by atomic mass is 35.5. The van der Waals surface area contributed by atoms with E-state index in [2.05, 4.69) is 37.1 Å². The predicted molar refractivity (Wildman–Crippen MR) is 90.8 cm³/mol. The molecule has 1 aliphatic rings. The van der Waals surface area contributed by atoms with Gasteiger partial charge in [-0.05, 0) is 30.9 Å². The van der Waals surface area contributed by atoms with E-state index in [0.717, 1.165) is 35.8 Å². The maximum atomic E-state index is 6.24. The lowest BCUT2D eigenvalue weighted by Crippen LogP contribution is -2.58. The second-order valence-corrected chi connectivity index (χ2v) is 6.65. The van der Waals surface area contributed by atoms with Gasteiger partial charge in [0.2, 0.25) is 0 Å². The quantitative estimate of drug-likeness (QED) is 0.913.